The molecule has 0 fully saturated rings. The minimum atomic E-state index is -0.188. The standard InChI is InChI=1S/C17H17BrN2O/c1-11-5-4-8-14(16(11)18)20-17(21)15-9-12-6-2-3-7-13(12)10-19-15/h2-8,15,19H,9-10H2,1H3,(H,20,21)/t15-/m0/s1. The van der Waals surface area contributed by atoms with Crippen molar-refractivity contribution in [2.45, 2.75) is 25.9 Å². The fourth-order valence-electron chi connectivity index (χ4n) is 2.60. The molecule has 0 saturated heterocycles. The number of carbonyl (C=O) groups excluding carboxylic acids is 1. The van der Waals surface area contributed by atoms with Crippen molar-refractivity contribution in [1.82, 2.24) is 5.32 Å². The molecule has 1 aliphatic heterocycles. The summed E-state index contributed by atoms with van der Waals surface area (Å²) in [5.74, 6) is 0.0100. The minimum Gasteiger partial charge on any atom is -0.324 e. The van der Waals surface area contributed by atoms with Crippen LogP contribution in [0.3, 0.4) is 0 Å². The molecule has 4 heteroatoms. The Balaban J connectivity index is 1.74. The SMILES string of the molecule is Cc1cccc(NC(=O)[C@@H]2Cc3ccccc3CN2)c1Br. The Kier molecular flexibility index (Phi) is 4.08. The van der Waals surface area contributed by atoms with Crippen molar-refractivity contribution in [3.05, 3.63) is 63.6 Å². The first-order chi connectivity index (χ1) is 10.1. The van der Waals surface area contributed by atoms with E-state index in [1.165, 1.54) is 11.1 Å². The maximum Gasteiger partial charge on any atom is 0.241 e. The Morgan fingerprint density at radius 2 is 1.95 bits per heavy atom. The molecule has 21 heavy (non-hydrogen) atoms. The normalized spacial score (nSPS) is 17.1. The molecule has 0 bridgehead atoms. The maximum absolute atomic E-state index is 12.4. The van der Waals surface area contributed by atoms with Crippen molar-refractivity contribution in [3.63, 3.8) is 0 Å². The highest BCUT2D eigenvalue weighted by Gasteiger charge is 2.24. The molecule has 2 aromatic carbocycles. The second-order valence-corrected chi connectivity index (χ2v) is 6.13. The molecular weight excluding hydrogens is 328 g/mol. The van der Waals surface area contributed by atoms with Crippen LogP contribution in [0.4, 0.5) is 5.69 Å². The van der Waals surface area contributed by atoms with Gasteiger partial charge in [-0.2, -0.15) is 0 Å². The van der Waals surface area contributed by atoms with Crippen molar-refractivity contribution in [3.8, 4) is 0 Å². The quantitative estimate of drug-likeness (QED) is 0.876. The van der Waals surface area contributed by atoms with Gasteiger partial charge in [-0.1, -0.05) is 36.4 Å². The molecule has 3 nitrogen and oxygen atoms in total. The third-order valence-corrected chi connectivity index (χ3v) is 4.90. The van der Waals surface area contributed by atoms with E-state index in [1.807, 2.05) is 37.3 Å². The van der Waals surface area contributed by atoms with Gasteiger partial charge in [-0.25, -0.2) is 0 Å². The van der Waals surface area contributed by atoms with Crippen LogP contribution in [0.2, 0.25) is 0 Å². The molecule has 1 aliphatic rings. The number of rotatable bonds is 2. The molecule has 2 aromatic rings. The van der Waals surface area contributed by atoms with E-state index in [2.05, 4.69) is 38.7 Å². The van der Waals surface area contributed by atoms with Gasteiger partial charge in [0.2, 0.25) is 5.91 Å². The van der Waals surface area contributed by atoms with Crippen LogP contribution in [0.5, 0.6) is 0 Å². The summed E-state index contributed by atoms with van der Waals surface area (Å²) in [7, 11) is 0. The summed E-state index contributed by atoms with van der Waals surface area (Å²) in [6, 6.07) is 13.9. The van der Waals surface area contributed by atoms with Crippen molar-refractivity contribution >= 4 is 27.5 Å². The predicted molar refractivity (Wildman–Crippen MR) is 88.3 cm³/mol. The zero-order valence-corrected chi connectivity index (χ0v) is 13.4. The van der Waals surface area contributed by atoms with Gasteiger partial charge < -0.3 is 10.6 Å². The molecule has 2 N–H and O–H groups in total. The molecule has 1 amide bonds. The fraction of sp³-hybridized carbons (Fsp3) is 0.235. The average Bonchev–Trinajstić information content (AvgIpc) is 2.51. The Labute approximate surface area is 132 Å². The van der Waals surface area contributed by atoms with Crippen molar-refractivity contribution < 1.29 is 4.79 Å². The van der Waals surface area contributed by atoms with E-state index in [9.17, 15) is 4.79 Å². The highest BCUT2D eigenvalue weighted by molar-refractivity contribution is 9.10. The Bertz CT molecular complexity index is 684. The highest BCUT2D eigenvalue weighted by atomic mass is 79.9. The first-order valence-electron chi connectivity index (χ1n) is 7.01. The minimum absolute atomic E-state index is 0.0100. The molecule has 1 heterocycles. The van der Waals surface area contributed by atoms with Gasteiger partial charge >= 0.3 is 0 Å². The molecule has 0 unspecified atom stereocenters. The van der Waals surface area contributed by atoms with E-state index in [1.54, 1.807) is 0 Å². The lowest BCUT2D eigenvalue weighted by Gasteiger charge is -2.25. The summed E-state index contributed by atoms with van der Waals surface area (Å²) < 4.78 is 0.939. The monoisotopic (exact) mass is 344 g/mol. The van der Waals surface area contributed by atoms with Crippen LogP contribution >= 0.6 is 15.9 Å². The van der Waals surface area contributed by atoms with Gasteiger partial charge in [-0.05, 0) is 52.0 Å². The van der Waals surface area contributed by atoms with Crippen LogP contribution in [-0.4, -0.2) is 11.9 Å². The highest BCUT2D eigenvalue weighted by Crippen LogP contribution is 2.26. The van der Waals surface area contributed by atoms with Gasteiger partial charge in [0, 0.05) is 11.0 Å². The number of hydrogen-bond donors (Lipinski definition) is 2. The summed E-state index contributed by atoms with van der Waals surface area (Å²) >= 11 is 3.52. The first kappa shape index (κ1) is 14.3. The van der Waals surface area contributed by atoms with Crippen molar-refractivity contribution in [2.75, 3.05) is 5.32 Å². The van der Waals surface area contributed by atoms with E-state index >= 15 is 0 Å². The van der Waals surface area contributed by atoms with Crippen LogP contribution < -0.4 is 10.6 Å². The molecule has 0 spiro atoms. The summed E-state index contributed by atoms with van der Waals surface area (Å²) in [5.41, 5.74) is 4.45. The van der Waals surface area contributed by atoms with E-state index in [0.29, 0.717) is 0 Å². The predicted octanol–water partition coefficient (Wildman–Crippen LogP) is 3.41. The van der Waals surface area contributed by atoms with Crippen LogP contribution in [0.1, 0.15) is 16.7 Å². The number of hydrogen-bond acceptors (Lipinski definition) is 2. The first-order valence-corrected chi connectivity index (χ1v) is 7.80. The zero-order chi connectivity index (χ0) is 14.8. The molecule has 108 valence electrons. The van der Waals surface area contributed by atoms with Gasteiger partial charge in [0.15, 0.2) is 0 Å². The maximum atomic E-state index is 12.4. The van der Waals surface area contributed by atoms with E-state index in [-0.39, 0.29) is 11.9 Å². The number of aryl methyl sites for hydroxylation is 1. The second-order valence-electron chi connectivity index (χ2n) is 5.33. The summed E-state index contributed by atoms with van der Waals surface area (Å²) in [6.45, 7) is 2.75. The van der Waals surface area contributed by atoms with E-state index in [0.717, 1.165) is 28.7 Å². The molecule has 0 aliphatic carbocycles. The third kappa shape index (κ3) is 3.01. The molecule has 3 rings (SSSR count). The average molecular weight is 345 g/mol. The summed E-state index contributed by atoms with van der Waals surface area (Å²) in [6.07, 6.45) is 0.728. The lowest BCUT2D eigenvalue weighted by atomic mass is 9.95. The van der Waals surface area contributed by atoms with Gasteiger partial charge in [0.25, 0.3) is 0 Å². The number of halogens is 1. The van der Waals surface area contributed by atoms with Crippen molar-refractivity contribution in [1.29, 1.82) is 0 Å². The van der Waals surface area contributed by atoms with Gasteiger partial charge in [0.05, 0.1) is 11.7 Å². The number of amides is 1. The summed E-state index contributed by atoms with van der Waals surface area (Å²) in [5, 5.41) is 6.31. The summed E-state index contributed by atoms with van der Waals surface area (Å²) in [4.78, 5) is 12.4. The number of carbonyl (C=O) groups is 1. The van der Waals surface area contributed by atoms with Gasteiger partial charge in [-0.3, -0.25) is 4.79 Å². The van der Waals surface area contributed by atoms with Crippen LogP contribution in [-0.2, 0) is 17.8 Å². The lowest BCUT2D eigenvalue weighted by Crippen LogP contribution is -2.44. The lowest BCUT2D eigenvalue weighted by molar-refractivity contribution is -0.118. The van der Waals surface area contributed by atoms with Gasteiger partial charge in [0.1, 0.15) is 0 Å². The molecular formula is C17H17BrN2O. The van der Waals surface area contributed by atoms with Crippen LogP contribution in [0.15, 0.2) is 46.9 Å². The largest absolute Gasteiger partial charge is 0.324 e. The number of benzene rings is 2. The number of fused-ring (bicyclic) bond motifs is 1. The Morgan fingerprint density at radius 3 is 2.76 bits per heavy atom. The van der Waals surface area contributed by atoms with Crippen LogP contribution in [0, 0.1) is 6.92 Å². The number of anilines is 1. The van der Waals surface area contributed by atoms with E-state index in [4.69, 9.17) is 0 Å². The second kappa shape index (κ2) is 6.00. The Hall–Kier alpha value is -1.65. The third-order valence-electron chi connectivity index (χ3n) is 3.85. The fourth-order valence-corrected chi connectivity index (χ4v) is 2.97. The van der Waals surface area contributed by atoms with E-state index < -0.39 is 0 Å². The smallest absolute Gasteiger partial charge is 0.241 e. The van der Waals surface area contributed by atoms with Crippen LogP contribution in [0.25, 0.3) is 0 Å². The molecule has 0 saturated carbocycles. The molecule has 1 atom stereocenters. The van der Waals surface area contributed by atoms with Gasteiger partial charge in [-0.15, -0.1) is 0 Å². The number of nitrogens with one attached hydrogen (secondary N) is 2. The molecule has 0 aromatic heterocycles. The topological polar surface area (TPSA) is 41.1 Å². The Morgan fingerprint density at radius 1 is 1.19 bits per heavy atom. The molecule has 0 radical (unpaired) electrons. The van der Waals surface area contributed by atoms with Crippen molar-refractivity contribution in [2.24, 2.45) is 0 Å². The zero-order valence-electron chi connectivity index (χ0n) is 11.8.